The van der Waals surface area contributed by atoms with Crippen molar-refractivity contribution in [2.45, 2.75) is 83.7 Å². The highest BCUT2D eigenvalue weighted by Gasteiger charge is 2.25. The Labute approximate surface area is 231 Å². The van der Waals surface area contributed by atoms with Crippen LogP contribution in [0.5, 0.6) is 0 Å². The first-order valence-electron chi connectivity index (χ1n) is 13.9. The number of aryl methyl sites for hydroxylation is 1. The Kier molecular flexibility index (Phi) is 22.6. The highest BCUT2D eigenvalue weighted by molar-refractivity contribution is 5.72. The zero-order valence-corrected chi connectivity index (χ0v) is 24.3. The van der Waals surface area contributed by atoms with Gasteiger partial charge in [0, 0.05) is 38.9 Å². The minimum atomic E-state index is -0.233. The number of hydrogen-bond donors (Lipinski definition) is 1. The first-order chi connectivity index (χ1) is 18.3. The molecular formula is C32H52O6. The zero-order valence-electron chi connectivity index (χ0n) is 24.3. The monoisotopic (exact) mass is 532 g/mol. The number of methoxy groups -OCH3 is 2. The van der Waals surface area contributed by atoms with Gasteiger partial charge in [-0.25, -0.2) is 0 Å². The van der Waals surface area contributed by atoms with Crippen molar-refractivity contribution in [3.8, 4) is 0 Å². The normalized spacial score (nSPS) is 16.5. The number of aldehydes is 2. The van der Waals surface area contributed by atoms with E-state index in [1.807, 2.05) is 0 Å². The largest absolute Gasteiger partial charge is 0.392 e. The topological polar surface area (TPSA) is 82.1 Å². The molecule has 2 unspecified atom stereocenters. The van der Waals surface area contributed by atoms with E-state index in [1.54, 1.807) is 21.1 Å². The van der Waals surface area contributed by atoms with Crippen LogP contribution >= 0.6 is 0 Å². The third-order valence-electron chi connectivity index (χ3n) is 6.52. The van der Waals surface area contributed by atoms with Crippen LogP contribution in [0, 0.1) is 5.92 Å². The molecule has 0 aliphatic carbocycles. The van der Waals surface area contributed by atoms with Crippen LogP contribution in [-0.2, 0) is 30.2 Å². The van der Waals surface area contributed by atoms with Crippen molar-refractivity contribution in [3.05, 3.63) is 59.7 Å². The van der Waals surface area contributed by atoms with Gasteiger partial charge in [-0.2, -0.15) is 0 Å². The molecule has 1 aliphatic rings. The van der Waals surface area contributed by atoms with Crippen molar-refractivity contribution >= 4 is 12.6 Å². The van der Waals surface area contributed by atoms with Crippen molar-refractivity contribution in [2.24, 2.45) is 5.92 Å². The number of carbonyl (C=O) groups is 2. The summed E-state index contributed by atoms with van der Waals surface area (Å²) >= 11 is 0. The van der Waals surface area contributed by atoms with E-state index in [0.717, 1.165) is 45.4 Å². The molecule has 0 saturated carbocycles. The van der Waals surface area contributed by atoms with E-state index in [-0.39, 0.29) is 12.2 Å². The SMILES string of the molecule is C=C(C)C=O.C=C(C=O)CO.CCCCCc1ccc(C2CCC(CC(CCOC)CCOC)OC2)cc1. The smallest absolute Gasteiger partial charge is 0.147 e. The summed E-state index contributed by atoms with van der Waals surface area (Å²) < 4.78 is 16.8. The molecule has 6 nitrogen and oxygen atoms in total. The second-order valence-corrected chi connectivity index (χ2v) is 9.99. The summed E-state index contributed by atoms with van der Waals surface area (Å²) in [6, 6.07) is 9.30. The Balaban J connectivity index is 0.00000104. The van der Waals surface area contributed by atoms with Gasteiger partial charge in [0.25, 0.3) is 0 Å². The maximum Gasteiger partial charge on any atom is 0.147 e. The third-order valence-corrected chi connectivity index (χ3v) is 6.52. The van der Waals surface area contributed by atoms with Gasteiger partial charge in [0.2, 0.25) is 0 Å². The Morgan fingerprint density at radius 3 is 2.05 bits per heavy atom. The number of hydrogen-bond acceptors (Lipinski definition) is 6. The number of allylic oxidation sites excluding steroid dienone is 1. The molecule has 1 saturated heterocycles. The predicted octanol–water partition coefficient (Wildman–Crippen LogP) is 6.26. The van der Waals surface area contributed by atoms with Crippen molar-refractivity contribution in [1.29, 1.82) is 0 Å². The summed E-state index contributed by atoms with van der Waals surface area (Å²) in [4.78, 5) is 18.9. The number of benzene rings is 1. The lowest BCUT2D eigenvalue weighted by Gasteiger charge is -2.31. The van der Waals surface area contributed by atoms with Gasteiger partial charge in [-0.1, -0.05) is 57.2 Å². The Bertz CT molecular complexity index is 742. The molecule has 38 heavy (non-hydrogen) atoms. The van der Waals surface area contributed by atoms with Crippen LogP contribution in [-0.4, -0.2) is 64.4 Å². The van der Waals surface area contributed by atoms with Crippen LogP contribution in [0.15, 0.2) is 48.6 Å². The van der Waals surface area contributed by atoms with Gasteiger partial charge in [-0.3, -0.25) is 9.59 Å². The number of carbonyl (C=O) groups excluding carboxylic acids is 2. The zero-order chi connectivity index (χ0) is 28.6. The van der Waals surface area contributed by atoms with E-state index in [9.17, 15) is 9.59 Å². The summed E-state index contributed by atoms with van der Waals surface area (Å²) in [6.45, 7) is 12.7. The average molecular weight is 533 g/mol. The number of aliphatic hydroxyl groups is 1. The lowest BCUT2D eigenvalue weighted by molar-refractivity contribution is -0.105. The second-order valence-electron chi connectivity index (χ2n) is 9.99. The lowest BCUT2D eigenvalue weighted by Crippen LogP contribution is -2.27. The molecule has 1 N–H and O–H groups in total. The lowest BCUT2D eigenvalue weighted by atomic mass is 9.86. The maximum absolute atomic E-state index is 9.48. The molecule has 2 rings (SSSR count). The second kappa shape index (κ2) is 24.0. The minimum Gasteiger partial charge on any atom is -0.392 e. The highest BCUT2D eigenvalue weighted by atomic mass is 16.5. The van der Waals surface area contributed by atoms with Crippen LogP contribution in [0.2, 0.25) is 0 Å². The first kappa shape index (κ1) is 35.9. The van der Waals surface area contributed by atoms with E-state index in [1.165, 1.54) is 49.7 Å². The number of rotatable bonds is 16. The molecule has 0 aromatic heterocycles. The molecule has 6 heteroatoms. The molecule has 1 aromatic carbocycles. The van der Waals surface area contributed by atoms with Gasteiger partial charge >= 0.3 is 0 Å². The van der Waals surface area contributed by atoms with Crippen LogP contribution in [0.1, 0.15) is 82.3 Å². The fourth-order valence-electron chi connectivity index (χ4n) is 4.15. The fourth-order valence-corrected chi connectivity index (χ4v) is 4.15. The average Bonchev–Trinajstić information content (AvgIpc) is 2.95. The van der Waals surface area contributed by atoms with Gasteiger partial charge < -0.3 is 19.3 Å². The Morgan fingerprint density at radius 1 is 1.05 bits per heavy atom. The molecule has 216 valence electrons. The van der Waals surface area contributed by atoms with Gasteiger partial charge in [0.1, 0.15) is 12.6 Å². The molecule has 1 aromatic rings. The van der Waals surface area contributed by atoms with E-state index in [0.29, 0.717) is 29.8 Å². The van der Waals surface area contributed by atoms with Crippen LogP contribution in [0.25, 0.3) is 0 Å². The van der Waals surface area contributed by atoms with Crippen molar-refractivity contribution in [2.75, 3.05) is 40.6 Å². The number of unbranched alkanes of at least 4 members (excludes halogenated alkanes) is 2. The van der Waals surface area contributed by atoms with Crippen LogP contribution in [0.4, 0.5) is 0 Å². The van der Waals surface area contributed by atoms with Crippen LogP contribution < -0.4 is 0 Å². The van der Waals surface area contributed by atoms with E-state index < -0.39 is 0 Å². The molecule has 1 aliphatic heterocycles. The van der Waals surface area contributed by atoms with Crippen molar-refractivity contribution < 1.29 is 28.9 Å². The standard InChI is InChI=1S/C24H40O3.C4H6O2.C4H6O/c1-4-5-6-7-20-8-10-22(11-9-20)23-12-13-24(27-19-23)18-21(14-16-25-2)15-17-26-3;1-4(2-5)3-6;1-4(2)3-5/h8-11,21,23-24H,4-7,12-19H2,1-3H3;2,6H,1,3H2;3H,1H2,2H3. The summed E-state index contributed by atoms with van der Waals surface area (Å²) in [5.41, 5.74) is 3.71. The van der Waals surface area contributed by atoms with E-state index in [2.05, 4.69) is 44.3 Å². The minimum absolute atomic E-state index is 0.218. The molecular weight excluding hydrogens is 480 g/mol. The molecule has 1 heterocycles. The van der Waals surface area contributed by atoms with Gasteiger partial charge in [0.15, 0.2) is 0 Å². The van der Waals surface area contributed by atoms with E-state index >= 15 is 0 Å². The third kappa shape index (κ3) is 18.2. The summed E-state index contributed by atoms with van der Waals surface area (Å²) in [7, 11) is 3.56. The summed E-state index contributed by atoms with van der Waals surface area (Å²) in [5.74, 6) is 1.19. The Hall–Kier alpha value is -2.12. The van der Waals surface area contributed by atoms with Crippen molar-refractivity contribution in [3.63, 3.8) is 0 Å². The molecule has 0 bridgehead atoms. The molecule has 0 spiro atoms. The maximum atomic E-state index is 9.48. The first-order valence-corrected chi connectivity index (χ1v) is 13.9. The molecule has 0 radical (unpaired) electrons. The quantitative estimate of drug-likeness (QED) is 0.154. The number of ether oxygens (including phenoxy) is 3. The summed E-state index contributed by atoms with van der Waals surface area (Å²) in [6.07, 6.45) is 12.5. The molecule has 0 amide bonds. The van der Waals surface area contributed by atoms with Crippen LogP contribution in [0.3, 0.4) is 0 Å². The molecule has 1 fully saturated rings. The molecule has 2 atom stereocenters. The highest BCUT2D eigenvalue weighted by Crippen LogP contribution is 2.32. The fraction of sp³-hybridized carbons (Fsp3) is 0.625. The Morgan fingerprint density at radius 2 is 1.66 bits per heavy atom. The predicted molar refractivity (Wildman–Crippen MR) is 156 cm³/mol. The van der Waals surface area contributed by atoms with Gasteiger partial charge in [-0.15, -0.1) is 0 Å². The van der Waals surface area contributed by atoms with Gasteiger partial charge in [-0.05, 0) is 74.5 Å². The number of aliphatic hydroxyl groups excluding tert-OH is 1. The van der Waals surface area contributed by atoms with Crippen molar-refractivity contribution in [1.82, 2.24) is 0 Å². The van der Waals surface area contributed by atoms with E-state index in [4.69, 9.17) is 19.3 Å². The summed E-state index contributed by atoms with van der Waals surface area (Å²) in [5, 5.41) is 8.00. The van der Waals surface area contributed by atoms with Gasteiger partial charge in [0.05, 0.1) is 19.3 Å².